The highest BCUT2D eigenvalue weighted by Gasteiger charge is 2.30. The Morgan fingerprint density at radius 2 is 1.88 bits per heavy atom. The summed E-state index contributed by atoms with van der Waals surface area (Å²) < 4.78 is 5.13. The van der Waals surface area contributed by atoms with Gasteiger partial charge in [0.25, 0.3) is 5.91 Å². The van der Waals surface area contributed by atoms with Crippen molar-refractivity contribution in [2.24, 2.45) is 5.92 Å². The van der Waals surface area contributed by atoms with E-state index < -0.39 is 0 Å². The number of halogens is 1. The van der Waals surface area contributed by atoms with Gasteiger partial charge in [0.05, 0.1) is 7.11 Å². The van der Waals surface area contributed by atoms with Gasteiger partial charge in [0.15, 0.2) is 5.78 Å². The highest BCUT2D eigenvalue weighted by Crippen LogP contribution is 2.25. The standard InChI is InChI=1S/C21H22ClNO3/c1-14-12-17(22)7-10-19(14)20(24)16-4-3-11-23(13-16)21(25)15-5-8-18(26-2)9-6-15/h5-10,12,16H,3-4,11,13H2,1-2H3/t16-/m0/s1. The maximum Gasteiger partial charge on any atom is 0.253 e. The first-order valence-corrected chi connectivity index (χ1v) is 9.11. The van der Waals surface area contributed by atoms with Crippen LogP contribution in [-0.4, -0.2) is 36.8 Å². The Bertz CT molecular complexity index is 817. The van der Waals surface area contributed by atoms with E-state index in [4.69, 9.17) is 16.3 Å². The predicted molar refractivity (Wildman–Crippen MR) is 102 cm³/mol. The van der Waals surface area contributed by atoms with Crippen molar-refractivity contribution in [1.29, 1.82) is 0 Å². The number of benzene rings is 2. The number of piperidine rings is 1. The molecule has 0 saturated carbocycles. The van der Waals surface area contributed by atoms with E-state index in [0.29, 0.717) is 35.0 Å². The van der Waals surface area contributed by atoms with E-state index in [1.807, 2.05) is 6.92 Å². The minimum absolute atomic E-state index is 0.0435. The summed E-state index contributed by atoms with van der Waals surface area (Å²) >= 11 is 5.99. The molecule has 3 rings (SSSR count). The minimum atomic E-state index is -0.175. The van der Waals surface area contributed by atoms with Crippen LogP contribution in [0.3, 0.4) is 0 Å². The van der Waals surface area contributed by atoms with Crippen LogP contribution < -0.4 is 4.74 Å². The number of ether oxygens (including phenoxy) is 1. The molecule has 0 spiro atoms. The average Bonchev–Trinajstić information content (AvgIpc) is 2.67. The molecule has 0 bridgehead atoms. The molecular formula is C21H22ClNO3. The third-order valence-corrected chi connectivity index (χ3v) is 5.11. The van der Waals surface area contributed by atoms with Gasteiger partial charge in [-0.15, -0.1) is 0 Å². The number of likely N-dealkylation sites (tertiary alicyclic amines) is 1. The number of nitrogens with zero attached hydrogens (tertiary/aromatic N) is 1. The highest BCUT2D eigenvalue weighted by atomic mass is 35.5. The van der Waals surface area contributed by atoms with Crippen LogP contribution in [0.2, 0.25) is 5.02 Å². The largest absolute Gasteiger partial charge is 0.497 e. The number of aryl methyl sites for hydroxylation is 1. The van der Waals surface area contributed by atoms with Gasteiger partial charge in [0.2, 0.25) is 0 Å². The van der Waals surface area contributed by atoms with Crippen LogP contribution in [0, 0.1) is 12.8 Å². The number of carbonyl (C=O) groups excluding carboxylic acids is 2. The smallest absolute Gasteiger partial charge is 0.253 e. The van der Waals surface area contributed by atoms with Crippen molar-refractivity contribution in [3.8, 4) is 5.75 Å². The van der Waals surface area contributed by atoms with Gasteiger partial charge in [-0.2, -0.15) is 0 Å². The SMILES string of the molecule is COc1ccc(C(=O)N2CCC[C@H](C(=O)c3ccc(Cl)cc3C)C2)cc1. The third kappa shape index (κ3) is 3.91. The van der Waals surface area contributed by atoms with E-state index in [9.17, 15) is 9.59 Å². The number of Topliss-reactive ketones (excluding diaryl/α,β-unsaturated/α-hetero) is 1. The van der Waals surface area contributed by atoms with Gasteiger partial charge in [-0.05, 0) is 67.8 Å². The summed E-state index contributed by atoms with van der Waals surface area (Å²) in [5.74, 6) is 0.585. The summed E-state index contributed by atoms with van der Waals surface area (Å²) in [7, 11) is 1.59. The molecule has 0 unspecified atom stereocenters. The molecule has 1 atom stereocenters. The van der Waals surface area contributed by atoms with Crippen LogP contribution in [0.4, 0.5) is 0 Å². The molecule has 2 aromatic carbocycles. The maximum absolute atomic E-state index is 12.9. The maximum atomic E-state index is 12.9. The summed E-state index contributed by atoms with van der Waals surface area (Å²) in [5, 5.41) is 0.624. The molecule has 1 heterocycles. The van der Waals surface area contributed by atoms with E-state index in [-0.39, 0.29) is 17.6 Å². The van der Waals surface area contributed by atoms with Gasteiger partial charge >= 0.3 is 0 Å². The van der Waals surface area contributed by atoms with E-state index in [1.165, 1.54) is 0 Å². The van der Waals surface area contributed by atoms with E-state index in [2.05, 4.69) is 0 Å². The Kier molecular flexibility index (Phi) is 5.62. The van der Waals surface area contributed by atoms with Gasteiger partial charge in [0.1, 0.15) is 5.75 Å². The summed E-state index contributed by atoms with van der Waals surface area (Å²) in [6.45, 7) is 3.02. The second-order valence-electron chi connectivity index (χ2n) is 6.64. The molecule has 1 aliphatic rings. The lowest BCUT2D eigenvalue weighted by atomic mass is 9.88. The monoisotopic (exact) mass is 371 g/mol. The summed E-state index contributed by atoms with van der Waals surface area (Å²) in [4.78, 5) is 27.5. The highest BCUT2D eigenvalue weighted by molar-refractivity contribution is 6.30. The topological polar surface area (TPSA) is 46.6 Å². The lowest BCUT2D eigenvalue weighted by molar-refractivity contribution is 0.0637. The van der Waals surface area contributed by atoms with Gasteiger partial charge in [-0.25, -0.2) is 0 Å². The van der Waals surface area contributed by atoms with Crippen molar-refractivity contribution in [3.05, 3.63) is 64.2 Å². The van der Waals surface area contributed by atoms with Gasteiger partial charge in [0, 0.05) is 35.2 Å². The lowest BCUT2D eigenvalue weighted by Gasteiger charge is -2.32. The molecule has 4 nitrogen and oxygen atoms in total. The van der Waals surface area contributed by atoms with E-state index >= 15 is 0 Å². The Hall–Kier alpha value is -2.33. The molecule has 5 heteroatoms. The van der Waals surface area contributed by atoms with Gasteiger partial charge < -0.3 is 9.64 Å². The molecule has 1 amide bonds. The minimum Gasteiger partial charge on any atom is -0.497 e. The van der Waals surface area contributed by atoms with Crippen LogP contribution in [0.1, 0.15) is 39.1 Å². The number of carbonyl (C=O) groups is 2. The second kappa shape index (κ2) is 7.92. The molecule has 0 N–H and O–H groups in total. The van der Waals surface area contributed by atoms with Crippen LogP contribution in [0.5, 0.6) is 5.75 Å². The average molecular weight is 372 g/mol. The molecule has 1 aliphatic heterocycles. The number of hydrogen-bond acceptors (Lipinski definition) is 3. The first kappa shape index (κ1) is 18.5. The van der Waals surface area contributed by atoms with Crippen molar-refractivity contribution < 1.29 is 14.3 Å². The fourth-order valence-electron chi connectivity index (χ4n) is 3.42. The van der Waals surface area contributed by atoms with Gasteiger partial charge in [-0.1, -0.05) is 11.6 Å². The van der Waals surface area contributed by atoms with Crippen LogP contribution in [0.15, 0.2) is 42.5 Å². The zero-order valence-corrected chi connectivity index (χ0v) is 15.8. The van der Waals surface area contributed by atoms with Crippen molar-refractivity contribution in [1.82, 2.24) is 4.90 Å². The van der Waals surface area contributed by atoms with Crippen molar-refractivity contribution in [2.75, 3.05) is 20.2 Å². The zero-order valence-electron chi connectivity index (χ0n) is 15.0. The molecule has 136 valence electrons. The molecule has 0 aromatic heterocycles. The predicted octanol–water partition coefficient (Wildman–Crippen LogP) is 4.39. The Morgan fingerprint density at radius 3 is 2.54 bits per heavy atom. The number of methoxy groups -OCH3 is 1. The molecule has 1 fully saturated rings. The van der Waals surface area contributed by atoms with Crippen molar-refractivity contribution in [3.63, 3.8) is 0 Å². The van der Waals surface area contributed by atoms with Crippen molar-refractivity contribution >= 4 is 23.3 Å². The Balaban J connectivity index is 1.73. The summed E-state index contributed by atoms with van der Waals surface area (Å²) in [5.41, 5.74) is 2.18. The molecule has 1 saturated heterocycles. The first-order chi connectivity index (χ1) is 12.5. The second-order valence-corrected chi connectivity index (χ2v) is 7.08. The van der Waals surface area contributed by atoms with E-state index in [1.54, 1.807) is 54.5 Å². The van der Waals surface area contributed by atoms with Crippen LogP contribution in [-0.2, 0) is 0 Å². The van der Waals surface area contributed by atoms with Crippen LogP contribution >= 0.6 is 11.6 Å². The molecule has 26 heavy (non-hydrogen) atoms. The quantitative estimate of drug-likeness (QED) is 0.749. The number of rotatable bonds is 4. The molecule has 0 aliphatic carbocycles. The van der Waals surface area contributed by atoms with E-state index in [0.717, 1.165) is 18.4 Å². The molecular weight excluding hydrogens is 350 g/mol. The molecule has 2 aromatic rings. The lowest BCUT2D eigenvalue weighted by Crippen LogP contribution is -2.42. The van der Waals surface area contributed by atoms with Crippen molar-refractivity contribution in [2.45, 2.75) is 19.8 Å². The Morgan fingerprint density at radius 1 is 1.15 bits per heavy atom. The number of hydrogen-bond donors (Lipinski definition) is 0. The number of ketones is 1. The fourth-order valence-corrected chi connectivity index (χ4v) is 3.64. The summed E-state index contributed by atoms with van der Waals surface area (Å²) in [6.07, 6.45) is 1.62. The first-order valence-electron chi connectivity index (χ1n) is 8.73. The zero-order chi connectivity index (χ0) is 18.7. The summed E-state index contributed by atoms with van der Waals surface area (Å²) in [6, 6.07) is 12.4. The third-order valence-electron chi connectivity index (χ3n) is 4.87. The van der Waals surface area contributed by atoms with Gasteiger partial charge in [-0.3, -0.25) is 9.59 Å². The number of amides is 1. The van der Waals surface area contributed by atoms with Crippen LogP contribution in [0.25, 0.3) is 0 Å². The molecule has 0 radical (unpaired) electrons. The fraction of sp³-hybridized carbons (Fsp3) is 0.333. The normalized spacial score (nSPS) is 17.0. The Labute approximate surface area is 158 Å².